The quantitative estimate of drug-likeness (QED) is 0.621. The standard InChI is InChI=1S/C13H15BrO3/c14-8-10-4-6-11(7-5-10)12(9-15)2-1-3-13(16)17/h4-7,9,12H,1-3,8H2,(H,16,17). The van der Waals surface area contributed by atoms with Crippen molar-refractivity contribution in [2.24, 2.45) is 0 Å². The average Bonchev–Trinajstić information content (AvgIpc) is 2.34. The lowest BCUT2D eigenvalue weighted by molar-refractivity contribution is -0.137. The predicted molar refractivity (Wildman–Crippen MR) is 69.4 cm³/mol. The monoisotopic (exact) mass is 298 g/mol. The number of carbonyl (C=O) groups excluding carboxylic acids is 1. The fraction of sp³-hybridized carbons (Fsp3) is 0.385. The van der Waals surface area contributed by atoms with Crippen molar-refractivity contribution in [3.63, 3.8) is 0 Å². The number of aldehydes is 1. The van der Waals surface area contributed by atoms with Crippen LogP contribution in [-0.2, 0) is 14.9 Å². The highest BCUT2D eigenvalue weighted by molar-refractivity contribution is 9.08. The minimum absolute atomic E-state index is 0.115. The molecule has 1 unspecified atom stereocenters. The second-order valence-corrected chi connectivity index (χ2v) is 4.46. The second-order valence-electron chi connectivity index (χ2n) is 3.90. The highest BCUT2D eigenvalue weighted by Gasteiger charge is 2.10. The van der Waals surface area contributed by atoms with Crippen LogP contribution in [0.15, 0.2) is 24.3 Å². The molecule has 0 spiro atoms. The summed E-state index contributed by atoms with van der Waals surface area (Å²) >= 11 is 3.36. The molecule has 0 amide bonds. The number of alkyl halides is 1. The van der Waals surface area contributed by atoms with Crippen molar-refractivity contribution < 1.29 is 14.7 Å². The fourth-order valence-corrected chi connectivity index (χ4v) is 2.01. The second kappa shape index (κ2) is 7.22. The Balaban J connectivity index is 2.59. The van der Waals surface area contributed by atoms with E-state index in [0.717, 1.165) is 22.7 Å². The van der Waals surface area contributed by atoms with E-state index >= 15 is 0 Å². The SMILES string of the molecule is O=CC(CCCC(=O)O)c1ccc(CBr)cc1. The maximum Gasteiger partial charge on any atom is 0.303 e. The van der Waals surface area contributed by atoms with Gasteiger partial charge in [-0.2, -0.15) is 0 Å². The molecule has 1 atom stereocenters. The highest BCUT2D eigenvalue weighted by atomic mass is 79.9. The van der Waals surface area contributed by atoms with E-state index in [2.05, 4.69) is 15.9 Å². The molecule has 0 radical (unpaired) electrons. The summed E-state index contributed by atoms with van der Waals surface area (Å²) in [7, 11) is 0. The van der Waals surface area contributed by atoms with Crippen LogP contribution in [0, 0.1) is 0 Å². The lowest BCUT2D eigenvalue weighted by Gasteiger charge is -2.10. The first kappa shape index (κ1) is 13.9. The average molecular weight is 299 g/mol. The van der Waals surface area contributed by atoms with Gasteiger partial charge in [-0.05, 0) is 24.0 Å². The molecule has 0 aliphatic heterocycles. The Morgan fingerprint density at radius 1 is 1.35 bits per heavy atom. The van der Waals surface area contributed by atoms with Crippen molar-refractivity contribution in [3.8, 4) is 0 Å². The van der Waals surface area contributed by atoms with E-state index in [9.17, 15) is 9.59 Å². The van der Waals surface area contributed by atoms with Gasteiger partial charge in [-0.15, -0.1) is 0 Å². The van der Waals surface area contributed by atoms with Crippen molar-refractivity contribution in [1.82, 2.24) is 0 Å². The zero-order chi connectivity index (χ0) is 12.7. The minimum Gasteiger partial charge on any atom is -0.481 e. The molecule has 0 aliphatic rings. The molecule has 0 aromatic heterocycles. The number of aliphatic carboxylic acids is 1. The van der Waals surface area contributed by atoms with Gasteiger partial charge in [-0.3, -0.25) is 4.79 Å². The Morgan fingerprint density at radius 2 is 2.00 bits per heavy atom. The molecule has 1 rings (SSSR count). The molecule has 0 heterocycles. The van der Waals surface area contributed by atoms with Crippen molar-refractivity contribution in [2.75, 3.05) is 0 Å². The first-order valence-electron chi connectivity index (χ1n) is 5.49. The van der Waals surface area contributed by atoms with E-state index in [1.165, 1.54) is 0 Å². The summed E-state index contributed by atoms with van der Waals surface area (Å²) < 4.78 is 0. The summed E-state index contributed by atoms with van der Waals surface area (Å²) in [6, 6.07) is 7.79. The third-order valence-corrected chi connectivity index (χ3v) is 3.28. The molecule has 3 nitrogen and oxygen atoms in total. The summed E-state index contributed by atoms with van der Waals surface area (Å²) in [5, 5.41) is 9.33. The van der Waals surface area contributed by atoms with Crippen molar-refractivity contribution in [3.05, 3.63) is 35.4 Å². The molecular weight excluding hydrogens is 284 g/mol. The van der Waals surface area contributed by atoms with Gasteiger partial charge in [-0.1, -0.05) is 40.2 Å². The molecule has 0 bridgehead atoms. The third kappa shape index (κ3) is 4.69. The Bertz CT molecular complexity index is 373. The molecule has 0 saturated carbocycles. The summed E-state index contributed by atoms with van der Waals surface area (Å²) in [5.74, 6) is -1.01. The fourth-order valence-electron chi connectivity index (χ4n) is 1.64. The molecule has 0 fully saturated rings. The highest BCUT2D eigenvalue weighted by Crippen LogP contribution is 2.21. The van der Waals surface area contributed by atoms with Crippen molar-refractivity contribution in [1.29, 1.82) is 0 Å². The van der Waals surface area contributed by atoms with Crippen LogP contribution >= 0.6 is 15.9 Å². The Labute approximate surface area is 109 Å². The summed E-state index contributed by atoms with van der Waals surface area (Å²) in [6.45, 7) is 0. The summed E-state index contributed by atoms with van der Waals surface area (Å²) in [5.41, 5.74) is 2.11. The van der Waals surface area contributed by atoms with Gasteiger partial charge in [-0.25, -0.2) is 0 Å². The largest absolute Gasteiger partial charge is 0.481 e. The third-order valence-electron chi connectivity index (χ3n) is 2.63. The summed E-state index contributed by atoms with van der Waals surface area (Å²) in [6.07, 6.45) is 2.12. The number of rotatable bonds is 7. The zero-order valence-electron chi connectivity index (χ0n) is 9.43. The predicted octanol–water partition coefficient (Wildman–Crippen LogP) is 3.12. The smallest absolute Gasteiger partial charge is 0.303 e. The van der Waals surface area contributed by atoms with E-state index in [-0.39, 0.29) is 12.3 Å². The van der Waals surface area contributed by atoms with Gasteiger partial charge in [0.05, 0.1) is 0 Å². The maximum absolute atomic E-state index is 11.0. The number of benzene rings is 1. The van der Waals surface area contributed by atoms with Gasteiger partial charge >= 0.3 is 5.97 Å². The maximum atomic E-state index is 11.0. The Kier molecular flexibility index (Phi) is 5.91. The van der Waals surface area contributed by atoms with E-state index in [1.807, 2.05) is 24.3 Å². The van der Waals surface area contributed by atoms with Crippen LogP contribution in [0.2, 0.25) is 0 Å². The van der Waals surface area contributed by atoms with Gasteiger partial charge in [0.15, 0.2) is 0 Å². The normalized spacial score (nSPS) is 12.1. The van der Waals surface area contributed by atoms with Crippen molar-refractivity contribution >= 4 is 28.2 Å². The lowest BCUT2D eigenvalue weighted by atomic mass is 9.94. The lowest BCUT2D eigenvalue weighted by Crippen LogP contribution is -2.02. The van der Waals surface area contributed by atoms with Crippen molar-refractivity contribution in [2.45, 2.75) is 30.5 Å². The van der Waals surface area contributed by atoms with Crippen LogP contribution in [0.3, 0.4) is 0 Å². The van der Waals surface area contributed by atoms with Gasteiger partial charge in [0, 0.05) is 17.7 Å². The molecule has 1 N–H and O–H groups in total. The van der Waals surface area contributed by atoms with Gasteiger partial charge < -0.3 is 9.90 Å². The zero-order valence-corrected chi connectivity index (χ0v) is 11.0. The van der Waals surface area contributed by atoms with Crippen LogP contribution in [0.4, 0.5) is 0 Å². The first-order valence-corrected chi connectivity index (χ1v) is 6.61. The number of halogens is 1. The molecule has 1 aromatic rings. The van der Waals surface area contributed by atoms with Crippen LogP contribution in [0.1, 0.15) is 36.3 Å². The first-order chi connectivity index (χ1) is 8.17. The molecule has 92 valence electrons. The molecule has 4 heteroatoms. The minimum atomic E-state index is -0.815. The number of hydrogen-bond acceptors (Lipinski definition) is 2. The Morgan fingerprint density at radius 3 is 2.47 bits per heavy atom. The van der Waals surface area contributed by atoms with Gasteiger partial charge in [0.1, 0.15) is 6.29 Å². The van der Waals surface area contributed by atoms with Gasteiger partial charge in [0.25, 0.3) is 0 Å². The molecule has 0 saturated heterocycles. The van der Waals surface area contributed by atoms with E-state index in [0.29, 0.717) is 12.8 Å². The van der Waals surface area contributed by atoms with Crippen LogP contribution in [0.25, 0.3) is 0 Å². The molecular formula is C13H15BrO3. The van der Waals surface area contributed by atoms with E-state index in [1.54, 1.807) is 0 Å². The van der Waals surface area contributed by atoms with Crippen LogP contribution in [0.5, 0.6) is 0 Å². The Hall–Kier alpha value is -1.16. The number of hydrogen-bond donors (Lipinski definition) is 1. The number of carbonyl (C=O) groups is 2. The summed E-state index contributed by atoms with van der Waals surface area (Å²) in [4.78, 5) is 21.4. The van der Waals surface area contributed by atoms with E-state index in [4.69, 9.17) is 5.11 Å². The van der Waals surface area contributed by atoms with Crippen LogP contribution < -0.4 is 0 Å². The molecule has 0 aliphatic carbocycles. The topological polar surface area (TPSA) is 54.4 Å². The molecule has 1 aromatic carbocycles. The van der Waals surface area contributed by atoms with E-state index < -0.39 is 5.97 Å². The molecule has 17 heavy (non-hydrogen) atoms. The van der Waals surface area contributed by atoms with Gasteiger partial charge in [0.2, 0.25) is 0 Å². The number of carboxylic acids is 1. The number of carboxylic acid groups (broad SMARTS) is 1. The van der Waals surface area contributed by atoms with Crippen LogP contribution in [-0.4, -0.2) is 17.4 Å².